The topological polar surface area (TPSA) is 164 Å². The van der Waals surface area contributed by atoms with Crippen molar-refractivity contribution in [1.82, 2.24) is 4.90 Å². The van der Waals surface area contributed by atoms with Crippen LogP contribution < -0.4 is 5.73 Å². The van der Waals surface area contributed by atoms with Gasteiger partial charge >= 0.3 is 5.97 Å². The van der Waals surface area contributed by atoms with Crippen LogP contribution in [0.1, 0.15) is 105 Å². The monoisotopic (exact) mass is 804 g/mol. The number of hydrogen-bond donors (Lipinski definition) is 2. The van der Waals surface area contributed by atoms with E-state index in [9.17, 15) is 24.3 Å². The highest BCUT2D eigenvalue weighted by Gasteiger charge is 2.56. The average Bonchev–Trinajstić information content (AvgIpc) is 3.20. The van der Waals surface area contributed by atoms with Gasteiger partial charge in [0.2, 0.25) is 5.79 Å². The second-order valence-corrected chi connectivity index (χ2v) is 17.2. The number of cyclic esters (lactones) is 1. The number of methoxy groups -OCH3 is 3. The van der Waals surface area contributed by atoms with Gasteiger partial charge in [0.15, 0.2) is 0 Å². The Labute approximate surface area is 339 Å². The van der Waals surface area contributed by atoms with Crippen molar-refractivity contribution < 1.29 is 52.4 Å². The van der Waals surface area contributed by atoms with Gasteiger partial charge < -0.3 is 39.4 Å². The van der Waals surface area contributed by atoms with Gasteiger partial charge in [-0.1, -0.05) is 39.0 Å². The fourth-order valence-corrected chi connectivity index (χ4v) is 9.39. The number of hydrogen-bond acceptors (Lipinski definition) is 11. The Morgan fingerprint density at radius 2 is 1.65 bits per heavy atom. The van der Waals surface area contributed by atoms with Gasteiger partial charge in [-0.15, -0.1) is 6.58 Å². The molecule has 4 aliphatic rings. The van der Waals surface area contributed by atoms with Crippen LogP contribution in [0.25, 0.3) is 0 Å². The molecule has 1 amide bonds. The summed E-state index contributed by atoms with van der Waals surface area (Å²) in [6.45, 7) is 12.8. The predicted octanol–water partition coefficient (Wildman–Crippen LogP) is 5.58. The van der Waals surface area contributed by atoms with Gasteiger partial charge in [0, 0.05) is 52.2 Å². The molecular formula is C44H69FN2O10. The molecule has 0 aromatic carbocycles. The summed E-state index contributed by atoms with van der Waals surface area (Å²) >= 11 is 0. The molecule has 0 aromatic rings. The summed E-state index contributed by atoms with van der Waals surface area (Å²) in [7, 11) is 4.56. The molecule has 4 rings (SSSR count). The van der Waals surface area contributed by atoms with E-state index in [1.165, 1.54) is 19.1 Å². The quantitative estimate of drug-likeness (QED) is 0.188. The van der Waals surface area contributed by atoms with Crippen molar-refractivity contribution in [2.45, 2.75) is 160 Å². The molecule has 14 atom stereocenters. The maximum atomic E-state index is 16.3. The van der Waals surface area contributed by atoms with Gasteiger partial charge in [-0.05, 0) is 107 Å². The number of nitrogens with two attached hydrogens (primary N) is 1. The lowest BCUT2D eigenvalue weighted by Gasteiger charge is -2.47. The Kier molecular flexibility index (Phi) is 17.2. The normalized spacial score (nSPS) is 40.1. The second kappa shape index (κ2) is 20.9. The van der Waals surface area contributed by atoms with E-state index in [0.29, 0.717) is 37.7 Å². The smallest absolute Gasteiger partial charge is 0.329 e. The summed E-state index contributed by atoms with van der Waals surface area (Å²) in [4.78, 5) is 57.8. The fraction of sp³-hybridized carbons (Fsp3) is 0.773. The molecule has 12 nitrogen and oxygen atoms in total. The van der Waals surface area contributed by atoms with Gasteiger partial charge in [-0.3, -0.25) is 14.4 Å². The molecule has 3 heterocycles. The molecule has 2 bridgehead atoms. The molecule has 2 saturated heterocycles. The second-order valence-electron chi connectivity index (χ2n) is 17.2. The predicted molar refractivity (Wildman–Crippen MR) is 213 cm³/mol. The van der Waals surface area contributed by atoms with E-state index in [0.717, 1.165) is 18.4 Å². The van der Waals surface area contributed by atoms with Crippen molar-refractivity contribution in [3.8, 4) is 0 Å². The van der Waals surface area contributed by atoms with E-state index in [4.69, 9.17) is 29.4 Å². The number of aliphatic hydroxyl groups is 1. The lowest BCUT2D eigenvalue weighted by Crippen LogP contribution is -2.64. The first-order valence-electron chi connectivity index (χ1n) is 20.9. The number of carbonyl (C=O) groups is 4. The van der Waals surface area contributed by atoms with Gasteiger partial charge in [-0.25, -0.2) is 9.18 Å². The number of esters is 1. The third-order valence-corrected chi connectivity index (χ3v) is 13.0. The minimum absolute atomic E-state index is 0.0692. The van der Waals surface area contributed by atoms with Crippen molar-refractivity contribution >= 4 is 23.4 Å². The van der Waals surface area contributed by atoms with E-state index in [-0.39, 0.29) is 62.0 Å². The Hall–Kier alpha value is -2.81. The number of allylic oxidation sites excluding steroid dienone is 4. The van der Waals surface area contributed by atoms with Crippen LogP contribution in [0.3, 0.4) is 0 Å². The first-order valence-corrected chi connectivity index (χ1v) is 20.9. The summed E-state index contributed by atoms with van der Waals surface area (Å²) in [5.74, 6) is -7.84. The van der Waals surface area contributed by atoms with Gasteiger partial charge in [0.25, 0.3) is 11.7 Å². The number of halogens is 1. The van der Waals surface area contributed by atoms with Crippen LogP contribution in [0, 0.1) is 29.6 Å². The first-order chi connectivity index (χ1) is 27.0. The van der Waals surface area contributed by atoms with E-state index in [2.05, 4.69) is 12.7 Å². The van der Waals surface area contributed by atoms with Crippen molar-refractivity contribution in [2.75, 3.05) is 27.9 Å². The molecule has 0 aromatic heterocycles. The number of ketones is 2. The highest BCUT2D eigenvalue weighted by Crippen LogP contribution is 2.39. The number of piperidine rings is 1. The molecule has 13 heteroatoms. The number of nitrogens with zero attached hydrogens (tertiary/aromatic N) is 1. The molecular weight excluding hydrogens is 735 g/mol. The SMILES string of the molecule is C=CCC1C=C(C)C(F)C(C)CC(OC)C2OC(O)(C(=O)C(=O)N3CCCCC3C(=O)OC(C(C)=CC3CCC(N)C(OC)C3)C(C)CCC1=O)C(C)CC2OC. The van der Waals surface area contributed by atoms with Crippen LogP contribution in [0.5, 0.6) is 0 Å². The fourth-order valence-electron chi connectivity index (χ4n) is 9.39. The third-order valence-electron chi connectivity index (χ3n) is 13.0. The molecule has 57 heavy (non-hydrogen) atoms. The first kappa shape index (κ1) is 46.9. The molecule has 0 radical (unpaired) electrons. The van der Waals surface area contributed by atoms with Gasteiger partial charge in [0.05, 0.1) is 18.3 Å². The lowest BCUT2D eigenvalue weighted by atomic mass is 9.81. The van der Waals surface area contributed by atoms with Crippen LogP contribution >= 0.6 is 0 Å². The summed E-state index contributed by atoms with van der Waals surface area (Å²) in [5.41, 5.74) is 7.50. The molecule has 1 saturated carbocycles. The molecule has 14 unspecified atom stereocenters. The number of rotatable bonds is 7. The minimum Gasteiger partial charge on any atom is -0.456 e. The van der Waals surface area contributed by atoms with E-state index in [1.54, 1.807) is 40.0 Å². The number of alkyl halides is 1. The van der Waals surface area contributed by atoms with E-state index >= 15 is 4.39 Å². The van der Waals surface area contributed by atoms with Gasteiger partial charge in [-0.2, -0.15) is 0 Å². The van der Waals surface area contributed by atoms with Crippen molar-refractivity contribution in [3.63, 3.8) is 0 Å². The van der Waals surface area contributed by atoms with Crippen LogP contribution in [-0.4, -0.2) is 116 Å². The summed E-state index contributed by atoms with van der Waals surface area (Å²) in [6, 6.07) is -1.15. The average molecular weight is 805 g/mol. The van der Waals surface area contributed by atoms with Crippen LogP contribution in [0.15, 0.2) is 36.0 Å². The van der Waals surface area contributed by atoms with E-state index < -0.39 is 77.8 Å². The maximum absolute atomic E-state index is 16.3. The van der Waals surface area contributed by atoms with Crippen LogP contribution in [0.2, 0.25) is 0 Å². The molecule has 322 valence electrons. The minimum atomic E-state index is -2.57. The number of carbonyl (C=O) groups excluding carboxylic acids is 4. The standard InChI is InChI=1S/C44H69FN2O10/c1-10-13-31-21-26(3)38(45)27(4)22-36(54-8)40-37(55-9)23-29(6)44(52,57-40)41(49)42(50)47-19-12-11-14-33(47)43(51)56-39(25(2)15-18-34(31)48)28(5)20-30-16-17-32(46)35(24-30)53-7/h10,20-21,25,27,29-33,35-40,52H,1,11-19,22-24,46H2,2-9H3. The Morgan fingerprint density at radius 1 is 0.982 bits per heavy atom. The van der Waals surface area contributed by atoms with Gasteiger partial charge in [0.1, 0.15) is 30.2 Å². The molecule has 3 fully saturated rings. The Balaban J connectivity index is 1.77. The van der Waals surface area contributed by atoms with Crippen molar-refractivity contribution in [2.24, 2.45) is 35.3 Å². The van der Waals surface area contributed by atoms with Crippen LogP contribution in [0.4, 0.5) is 4.39 Å². The van der Waals surface area contributed by atoms with Crippen LogP contribution in [-0.2, 0) is 42.9 Å². The molecule has 1 aliphatic carbocycles. The summed E-state index contributed by atoms with van der Waals surface area (Å²) in [5, 5.41) is 12.0. The number of amides is 1. The third kappa shape index (κ3) is 11.1. The largest absolute Gasteiger partial charge is 0.456 e. The summed E-state index contributed by atoms with van der Waals surface area (Å²) < 4.78 is 46.0. The highest BCUT2D eigenvalue weighted by molar-refractivity contribution is 6.39. The van der Waals surface area contributed by atoms with Crippen molar-refractivity contribution in [1.29, 1.82) is 0 Å². The lowest BCUT2D eigenvalue weighted by molar-refractivity contribution is -0.302. The molecule has 3 aliphatic heterocycles. The molecule has 3 N–H and O–H groups in total. The number of fused-ring (bicyclic) bond motifs is 3. The zero-order valence-electron chi connectivity index (χ0n) is 35.5. The maximum Gasteiger partial charge on any atom is 0.329 e. The number of Topliss-reactive ketones (excluding diaryl/α,β-unsaturated/α-hetero) is 2. The Bertz CT molecular complexity index is 1490. The molecule has 0 spiro atoms. The Morgan fingerprint density at radius 3 is 2.30 bits per heavy atom. The zero-order chi connectivity index (χ0) is 42.2. The summed E-state index contributed by atoms with van der Waals surface area (Å²) in [6.07, 6.45) is 5.47. The highest BCUT2D eigenvalue weighted by atomic mass is 19.1. The van der Waals surface area contributed by atoms with Crippen molar-refractivity contribution in [3.05, 3.63) is 36.0 Å². The van der Waals surface area contributed by atoms with E-state index in [1.807, 2.05) is 13.8 Å². The number of ether oxygens (including phenoxy) is 5. The zero-order valence-corrected chi connectivity index (χ0v) is 35.5.